The van der Waals surface area contributed by atoms with Crippen molar-refractivity contribution in [2.45, 2.75) is 13.0 Å². The van der Waals surface area contributed by atoms with Crippen LogP contribution in [-0.4, -0.2) is 10.5 Å². The summed E-state index contributed by atoms with van der Waals surface area (Å²) in [5, 5.41) is 2.95. The molecule has 0 saturated carbocycles. The highest BCUT2D eigenvalue weighted by atomic mass is 79.9. The molecule has 33 heavy (non-hydrogen) atoms. The fraction of sp³-hybridized carbons (Fsp3) is 0.0800. The van der Waals surface area contributed by atoms with E-state index in [1.54, 1.807) is 36.2 Å². The van der Waals surface area contributed by atoms with Crippen molar-refractivity contribution < 1.29 is 9.21 Å². The quantitative estimate of drug-likeness (QED) is 0.438. The van der Waals surface area contributed by atoms with E-state index in [0.29, 0.717) is 26.3 Å². The molecule has 0 radical (unpaired) electrons. The van der Waals surface area contributed by atoms with Gasteiger partial charge in [0.15, 0.2) is 4.80 Å². The number of fused-ring (bicyclic) bond motifs is 1. The van der Waals surface area contributed by atoms with Gasteiger partial charge in [0.2, 0.25) is 0 Å². The molecule has 1 amide bonds. The van der Waals surface area contributed by atoms with Crippen LogP contribution in [0.4, 0.5) is 5.69 Å². The summed E-state index contributed by atoms with van der Waals surface area (Å²) in [7, 11) is 0. The molecule has 164 valence electrons. The minimum absolute atomic E-state index is 0.203. The molecular formula is C25H18BrN3O3S. The van der Waals surface area contributed by atoms with Gasteiger partial charge in [-0.15, -0.1) is 0 Å². The molecule has 6 nitrogen and oxygen atoms in total. The number of rotatable bonds is 4. The van der Waals surface area contributed by atoms with Crippen molar-refractivity contribution in [1.29, 1.82) is 0 Å². The van der Waals surface area contributed by atoms with Gasteiger partial charge in [-0.25, -0.2) is 4.99 Å². The number of halogens is 1. The van der Waals surface area contributed by atoms with Crippen LogP contribution < -0.4 is 20.2 Å². The average molecular weight is 520 g/mol. The Labute approximate surface area is 201 Å². The molecule has 2 aromatic carbocycles. The van der Waals surface area contributed by atoms with Gasteiger partial charge in [0.25, 0.3) is 11.5 Å². The molecule has 0 unspecified atom stereocenters. The molecule has 3 heterocycles. The highest BCUT2D eigenvalue weighted by Crippen LogP contribution is 2.31. The highest BCUT2D eigenvalue weighted by Gasteiger charge is 2.32. The topological polar surface area (TPSA) is 76.6 Å². The van der Waals surface area contributed by atoms with E-state index in [4.69, 9.17) is 4.42 Å². The molecule has 0 spiro atoms. The Morgan fingerprint density at radius 3 is 2.61 bits per heavy atom. The molecule has 1 N–H and O–H groups in total. The molecule has 1 aliphatic rings. The molecule has 1 atom stereocenters. The van der Waals surface area contributed by atoms with Crippen molar-refractivity contribution in [2.75, 3.05) is 5.32 Å². The van der Waals surface area contributed by atoms with E-state index in [1.807, 2.05) is 54.6 Å². The number of hydrogen-bond acceptors (Lipinski definition) is 5. The summed E-state index contributed by atoms with van der Waals surface area (Å²) >= 11 is 4.76. The number of furan rings is 1. The number of hydrogen-bond donors (Lipinski definition) is 1. The third-order valence-electron chi connectivity index (χ3n) is 5.32. The van der Waals surface area contributed by atoms with Crippen LogP contribution >= 0.6 is 27.3 Å². The number of nitrogens with one attached hydrogen (secondary N) is 1. The first-order chi connectivity index (χ1) is 16.0. The summed E-state index contributed by atoms with van der Waals surface area (Å²) in [6, 6.07) is 18.0. The maximum Gasteiger partial charge on any atom is 0.271 e. The summed E-state index contributed by atoms with van der Waals surface area (Å²) in [6.07, 6.45) is 4.91. The molecular weight excluding hydrogens is 502 g/mol. The molecule has 4 aromatic rings. The number of carbonyl (C=O) groups excluding carboxylic acids is 1. The van der Waals surface area contributed by atoms with Gasteiger partial charge < -0.3 is 9.73 Å². The first-order valence-electron chi connectivity index (χ1n) is 10.2. The second kappa shape index (κ2) is 8.80. The third kappa shape index (κ3) is 4.15. The molecule has 1 aliphatic heterocycles. The largest absolute Gasteiger partial charge is 0.472 e. The third-order valence-corrected chi connectivity index (χ3v) is 6.84. The average Bonchev–Trinajstić information content (AvgIpc) is 3.42. The molecule has 5 rings (SSSR count). The fourth-order valence-electron chi connectivity index (χ4n) is 3.80. The monoisotopic (exact) mass is 519 g/mol. The first kappa shape index (κ1) is 21.4. The standard InChI is InChI=1S/C25H18BrN3O3S/c1-15-21(23(30)28-19-5-3-2-4-6-19)22(17-7-9-18(26)10-8-17)29-24(31)20(33-25(29)27-15)13-16-11-12-32-14-16/h2-14,22H,1H3,(H,28,30)/b20-13+/t22-/m1/s1. The minimum Gasteiger partial charge on any atom is -0.472 e. The van der Waals surface area contributed by atoms with Crippen LogP contribution in [0.1, 0.15) is 24.1 Å². The van der Waals surface area contributed by atoms with E-state index in [2.05, 4.69) is 26.2 Å². The fourth-order valence-corrected chi connectivity index (χ4v) is 5.11. The van der Waals surface area contributed by atoms with Crippen LogP contribution in [0.2, 0.25) is 0 Å². The predicted molar refractivity (Wildman–Crippen MR) is 132 cm³/mol. The van der Waals surface area contributed by atoms with E-state index >= 15 is 0 Å². The number of thiazole rings is 1. The van der Waals surface area contributed by atoms with E-state index < -0.39 is 6.04 Å². The van der Waals surface area contributed by atoms with Crippen molar-refractivity contribution in [3.05, 3.63) is 120 Å². The van der Waals surface area contributed by atoms with E-state index in [9.17, 15) is 9.59 Å². The Hall–Kier alpha value is -3.49. The highest BCUT2D eigenvalue weighted by molar-refractivity contribution is 9.10. The van der Waals surface area contributed by atoms with Gasteiger partial charge >= 0.3 is 0 Å². The van der Waals surface area contributed by atoms with Crippen LogP contribution in [0.3, 0.4) is 0 Å². The van der Waals surface area contributed by atoms with Crippen LogP contribution in [0, 0.1) is 0 Å². The van der Waals surface area contributed by atoms with Crippen molar-refractivity contribution in [3.63, 3.8) is 0 Å². The van der Waals surface area contributed by atoms with Gasteiger partial charge in [-0.2, -0.15) is 0 Å². The van der Waals surface area contributed by atoms with E-state index in [1.165, 1.54) is 11.3 Å². The number of allylic oxidation sites excluding steroid dienone is 1. The lowest BCUT2D eigenvalue weighted by atomic mass is 9.95. The smallest absolute Gasteiger partial charge is 0.271 e. The Morgan fingerprint density at radius 1 is 1.15 bits per heavy atom. The van der Waals surface area contributed by atoms with E-state index in [-0.39, 0.29) is 11.5 Å². The van der Waals surface area contributed by atoms with Gasteiger partial charge in [0, 0.05) is 15.7 Å². The normalized spacial score (nSPS) is 15.8. The molecule has 0 aliphatic carbocycles. The molecule has 0 saturated heterocycles. The number of para-hydroxylation sites is 1. The summed E-state index contributed by atoms with van der Waals surface area (Å²) < 4.78 is 8.17. The number of carbonyl (C=O) groups is 1. The summed E-state index contributed by atoms with van der Waals surface area (Å²) in [5.74, 6) is -0.292. The zero-order chi connectivity index (χ0) is 22.9. The Balaban J connectivity index is 1.68. The minimum atomic E-state index is -0.607. The van der Waals surface area contributed by atoms with Crippen LogP contribution in [0.5, 0.6) is 0 Å². The second-order valence-corrected chi connectivity index (χ2v) is 9.43. The van der Waals surface area contributed by atoms with E-state index in [0.717, 1.165) is 15.6 Å². The maximum absolute atomic E-state index is 13.5. The summed E-state index contributed by atoms with van der Waals surface area (Å²) in [6.45, 7) is 1.80. The number of nitrogens with zero attached hydrogens (tertiary/aromatic N) is 2. The Morgan fingerprint density at radius 2 is 1.91 bits per heavy atom. The van der Waals surface area contributed by atoms with Crippen molar-refractivity contribution in [1.82, 2.24) is 4.57 Å². The lowest BCUT2D eigenvalue weighted by Crippen LogP contribution is -2.40. The van der Waals surface area contributed by atoms with Gasteiger partial charge in [-0.05, 0) is 48.9 Å². The number of benzene rings is 2. The molecule has 0 fully saturated rings. The Bertz CT molecular complexity index is 1530. The van der Waals surface area contributed by atoms with Gasteiger partial charge in [-0.3, -0.25) is 14.2 Å². The van der Waals surface area contributed by atoms with Crippen molar-refractivity contribution >= 4 is 44.9 Å². The van der Waals surface area contributed by atoms with Gasteiger partial charge in [-0.1, -0.05) is 57.6 Å². The van der Waals surface area contributed by atoms with Crippen LogP contribution in [0.25, 0.3) is 6.08 Å². The molecule has 2 aromatic heterocycles. The van der Waals surface area contributed by atoms with Gasteiger partial charge in [0.1, 0.15) is 0 Å². The molecule has 8 heteroatoms. The number of aromatic nitrogens is 1. The number of amides is 1. The molecule has 0 bridgehead atoms. The SMILES string of the molecule is CC1=C(C(=O)Nc2ccccc2)[C@@H](c2ccc(Br)cc2)n2c(s/c(=C/c3ccoc3)c2=O)=N1. The summed E-state index contributed by atoms with van der Waals surface area (Å²) in [4.78, 5) is 32.1. The Kier molecular flexibility index (Phi) is 5.70. The maximum atomic E-state index is 13.5. The zero-order valence-electron chi connectivity index (χ0n) is 17.5. The number of anilines is 1. The zero-order valence-corrected chi connectivity index (χ0v) is 19.9. The predicted octanol–water partition coefficient (Wildman–Crippen LogP) is 4.23. The summed E-state index contributed by atoms with van der Waals surface area (Å²) in [5.41, 5.74) is 3.09. The first-order valence-corrected chi connectivity index (χ1v) is 11.8. The van der Waals surface area contributed by atoms with Crippen molar-refractivity contribution in [3.8, 4) is 0 Å². The van der Waals surface area contributed by atoms with Crippen LogP contribution in [-0.2, 0) is 4.79 Å². The van der Waals surface area contributed by atoms with Crippen LogP contribution in [0.15, 0.2) is 103 Å². The van der Waals surface area contributed by atoms with Crippen molar-refractivity contribution in [2.24, 2.45) is 4.99 Å². The lowest BCUT2D eigenvalue weighted by molar-refractivity contribution is -0.113. The second-order valence-electron chi connectivity index (χ2n) is 7.51. The van der Waals surface area contributed by atoms with Gasteiger partial charge in [0.05, 0.1) is 34.4 Å². The lowest BCUT2D eigenvalue weighted by Gasteiger charge is -2.25.